The molecular weight excluding hydrogens is 142 g/mol. The summed E-state index contributed by atoms with van der Waals surface area (Å²) in [5.74, 6) is -0.800. The summed E-state index contributed by atoms with van der Waals surface area (Å²) in [5, 5.41) is 8.78. The van der Waals surface area contributed by atoms with E-state index >= 15 is 0 Å². The zero-order chi connectivity index (χ0) is 8.01. The SMILES string of the molecule is NC1C2C=C(CC2)C1C(=O)O. The number of aliphatic carboxylic acids is 1. The number of nitrogens with two attached hydrogens (primary N) is 1. The average molecular weight is 153 g/mol. The third kappa shape index (κ3) is 0.807. The maximum atomic E-state index is 10.7. The molecule has 0 fully saturated rings. The highest BCUT2D eigenvalue weighted by atomic mass is 16.4. The molecule has 0 saturated carbocycles. The highest BCUT2D eigenvalue weighted by molar-refractivity contribution is 5.76. The number of carboxylic acid groups (broad SMARTS) is 1. The van der Waals surface area contributed by atoms with Gasteiger partial charge in [-0.3, -0.25) is 4.79 Å². The first kappa shape index (κ1) is 6.85. The summed E-state index contributed by atoms with van der Waals surface area (Å²) in [7, 11) is 0. The predicted molar refractivity (Wildman–Crippen MR) is 39.9 cm³/mol. The standard InChI is InChI=1S/C8H11NO2/c9-7-5-2-1-4(3-5)6(7)8(10)11/h3,5-7H,1-2,9H2,(H,10,11). The maximum Gasteiger partial charge on any atom is 0.312 e. The lowest BCUT2D eigenvalue weighted by molar-refractivity contribution is -0.141. The minimum atomic E-state index is -0.758. The van der Waals surface area contributed by atoms with Crippen LogP contribution in [0.3, 0.4) is 0 Å². The van der Waals surface area contributed by atoms with Crippen molar-refractivity contribution in [1.29, 1.82) is 0 Å². The van der Waals surface area contributed by atoms with Crippen LogP contribution in [0.5, 0.6) is 0 Å². The number of hydrogen-bond donors (Lipinski definition) is 2. The van der Waals surface area contributed by atoms with Crippen molar-refractivity contribution < 1.29 is 9.90 Å². The molecule has 2 aliphatic carbocycles. The summed E-state index contributed by atoms with van der Waals surface area (Å²) < 4.78 is 0. The van der Waals surface area contributed by atoms with Gasteiger partial charge in [0.25, 0.3) is 0 Å². The molecule has 60 valence electrons. The van der Waals surface area contributed by atoms with Gasteiger partial charge in [0, 0.05) is 6.04 Å². The molecule has 0 aromatic heterocycles. The number of hydrogen-bond acceptors (Lipinski definition) is 2. The second-order valence-electron chi connectivity index (χ2n) is 3.34. The number of fused-ring (bicyclic) bond motifs is 1. The second-order valence-corrected chi connectivity index (χ2v) is 3.34. The minimum absolute atomic E-state index is 0.156. The molecule has 0 aromatic carbocycles. The van der Waals surface area contributed by atoms with Crippen LogP contribution in [0.25, 0.3) is 0 Å². The first-order valence-electron chi connectivity index (χ1n) is 3.89. The van der Waals surface area contributed by atoms with Crippen molar-refractivity contribution in [2.24, 2.45) is 17.6 Å². The fourth-order valence-electron chi connectivity index (χ4n) is 2.16. The Kier molecular flexibility index (Phi) is 1.29. The van der Waals surface area contributed by atoms with Crippen LogP contribution in [0.4, 0.5) is 0 Å². The van der Waals surface area contributed by atoms with Crippen molar-refractivity contribution in [1.82, 2.24) is 0 Å². The van der Waals surface area contributed by atoms with Crippen LogP contribution in [0.15, 0.2) is 11.6 Å². The maximum absolute atomic E-state index is 10.7. The monoisotopic (exact) mass is 153 g/mol. The molecular formula is C8H11NO2. The third-order valence-corrected chi connectivity index (χ3v) is 2.74. The molecule has 0 aliphatic heterocycles. The first-order valence-corrected chi connectivity index (χ1v) is 3.89. The summed E-state index contributed by atoms with van der Waals surface area (Å²) >= 11 is 0. The van der Waals surface area contributed by atoms with E-state index < -0.39 is 5.97 Å². The summed E-state index contributed by atoms with van der Waals surface area (Å²) in [6, 6.07) is -0.156. The van der Waals surface area contributed by atoms with Crippen LogP contribution < -0.4 is 5.73 Å². The van der Waals surface area contributed by atoms with Crippen LogP contribution >= 0.6 is 0 Å². The Labute approximate surface area is 64.9 Å². The van der Waals surface area contributed by atoms with Gasteiger partial charge in [0.05, 0.1) is 5.92 Å². The van der Waals surface area contributed by atoms with Gasteiger partial charge < -0.3 is 10.8 Å². The number of carbonyl (C=O) groups is 1. The van der Waals surface area contributed by atoms with E-state index in [0.29, 0.717) is 5.92 Å². The molecule has 0 saturated heterocycles. The van der Waals surface area contributed by atoms with Gasteiger partial charge in [0.15, 0.2) is 0 Å². The van der Waals surface area contributed by atoms with E-state index in [0.717, 1.165) is 18.4 Å². The first-order chi connectivity index (χ1) is 5.20. The van der Waals surface area contributed by atoms with E-state index in [1.54, 1.807) is 0 Å². The lowest BCUT2D eigenvalue weighted by atomic mass is 9.85. The number of rotatable bonds is 1. The van der Waals surface area contributed by atoms with E-state index in [4.69, 9.17) is 10.8 Å². The Morgan fingerprint density at radius 3 is 2.82 bits per heavy atom. The molecule has 0 aromatic rings. The molecule has 3 atom stereocenters. The van der Waals surface area contributed by atoms with Gasteiger partial charge in [-0.15, -0.1) is 0 Å². The van der Waals surface area contributed by atoms with Crippen molar-refractivity contribution in [3.05, 3.63) is 11.6 Å². The van der Waals surface area contributed by atoms with E-state index in [1.807, 2.05) is 6.08 Å². The second kappa shape index (κ2) is 2.08. The van der Waals surface area contributed by atoms with E-state index in [2.05, 4.69) is 0 Å². The molecule has 0 heterocycles. The van der Waals surface area contributed by atoms with Crippen LogP contribution in [-0.4, -0.2) is 17.1 Å². The molecule has 11 heavy (non-hydrogen) atoms. The fraction of sp³-hybridized carbons (Fsp3) is 0.625. The Morgan fingerprint density at radius 1 is 1.73 bits per heavy atom. The van der Waals surface area contributed by atoms with Crippen molar-refractivity contribution >= 4 is 5.97 Å². The molecule has 0 spiro atoms. The molecule has 2 aliphatic rings. The normalized spacial score (nSPS) is 40.8. The van der Waals surface area contributed by atoms with E-state index in [1.165, 1.54) is 0 Å². The van der Waals surface area contributed by atoms with Crippen LogP contribution in [0, 0.1) is 11.8 Å². The van der Waals surface area contributed by atoms with Gasteiger partial charge in [0.2, 0.25) is 0 Å². The van der Waals surface area contributed by atoms with Gasteiger partial charge in [-0.25, -0.2) is 0 Å². The molecule has 3 N–H and O–H groups in total. The molecule has 3 nitrogen and oxygen atoms in total. The summed E-state index contributed by atoms with van der Waals surface area (Å²) in [4.78, 5) is 10.7. The summed E-state index contributed by atoms with van der Waals surface area (Å²) in [5.41, 5.74) is 6.78. The van der Waals surface area contributed by atoms with Gasteiger partial charge in [-0.1, -0.05) is 11.6 Å². The topological polar surface area (TPSA) is 63.3 Å². The lowest BCUT2D eigenvalue weighted by Crippen LogP contribution is -2.39. The van der Waals surface area contributed by atoms with Crippen LogP contribution in [0.1, 0.15) is 12.8 Å². The Balaban J connectivity index is 2.24. The van der Waals surface area contributed by atoms with Crippen LogP contribution in [0.2, 0.25) is 0 Å². The fourth-order valence-corrected chi connectivity index (χ4v) is 2.16. The minimum Gasteiger partial charge on any atom is -0.481 e. The zero-order valence-corrected chi connectivity index (χ0v) is 6.16. The molecule has 2 bridgehead atoms. The molecule has 2 rings (SSSR count). The summed E-state index contributed by atoms with van der Waals surface area (Å²) in [6.07, 6.45) is 4.04. The average Bonchev–Trinajstić information content (AvgIpc) is 2.44. The quantitative estimate of drug-likeness (QED) is 0.535. The smallest absolute Gasteiger partial charge is 0.312 e. The van der Waals surface area contributed by atoms with Crippen molar-refractivity contribution in [2.75, 3.05) is 0 Å². The van der Waals surface area contributed by atoms with Gasteiger partial charge in [-0.2, -0.15) is 0 Å². The highest BCUT2D eigenvalue weighted by Gasteiger charge is 2.42. The molecule has 3 heteroatoms. The van der Waals surface area contributed by atoms with Crippen molar-refractivity contribution in [2.45, 2.75) is 18.9 Å². The van der Waals surface area contributed by atoms with E-state index in [9.17, 15) is 4.79 Å². The zero-order valence-electron chi connectivity index (χ0n) is 6.16. The predicted octanol–water partition coefficient (Wildman–Crippen LogP) is 0.364. The Hall–Kier alpha value is -0.830. The third-order valence-electron chi connectivity index (χ3n) is 2.74. The highest BCUT2D eigenvalue weighted by Crippen LogP contribution is 2.41. The Bertz CT molecular complexity index is 234. The number of carboxylic acids is 1. The lowest BCUT2D eigenvalue weighted by Gasteiger charge is -2.24. The van der Waals surface area contributed by atoms with E-state index in [-0.39, 0.29) is 12.0 Å². The van der Waals surface area contributed by atoms with Gasteiger partial charge in [-0.05, 0) is 18.8 Å². The van der Waals surface area contributed by atoms with Crippen LogP contribution in [-0.2, 0) is 4.79 Å². The van der Waals surface area contributed by atoms with Gasteiger partial charge >= 0.3 is 5.97 Å². The van der Waals surface area contributed by atoms with Crippen molar-refractivity contribution in [3.63, 3.8) is 0 Å². The molecule has 0 radical (unpaired) electrons. The van der Waals surface area contributed by atoms with Gasteiger partial charge in [0.1, 0.15) is 0 Å². The molecule has 3 unspecified atom stereocenters. The largest absolute Gasteiger partial charge is 0.481 e. The summed E-state index contributed by atoms with van der Waals surface area (Å²) in [6.45, 7) is 0. The molecule has 0 amide bonds. The van der Waals surface area contributed by atoms with Crippen molar-refractivity contribution in [3.8, 4) is 0 Å². The Morgan fingerprint density at radius 2 is 2.45 bits per heavy atom.